The second-order valence-electron chi connectivity index (χ2n) is 7.69. The molecule has 7 heteroatoms. The summed E-state index contributed by atoms with van der Waals surface area (Å²) in [7, 11) is 0. The minimum atomic E-state index is 0. The van der Waals surface area contributed by atoms with Gasteiger partial charge in [0.1, 0.15) is 0 Å². The maximum absolute atomic E-state index is 4.84. The van der Waals surface area contributed by atoms with Crippen molar-refractivity contribution in [3.8, 4) is 0 Å². The maximum Gasteiger partial charge on any atom is 0.191 e. The summed E-state index contributed by atoms with van der Waals surface area (Å²) in [5.74, 6) is 1.41. The van der Waals surface area contributed by atoms with Gasteiger partial charge in [-0.3, -0.25) is 9.67 Å². The largest absolute Gasteiger partial charge is 0.357 e. The first kappa shape index (κ1) is 24.2. The van der Waals surface area contributed by atoms with Crippen LogP contribution in [0.15, 0.2) is 11.1 Å². The highest BCUT2D eigenvalue weighted by atomic mass is 127. The lowest BCUT2D eigenvalue weighted by Crippen LogP contribution is -2.48. The minimum Gasteiger partial charge on any atom is -0.357 e. The van der Waals surface area contributed by atoms with Crippen LogP contribution in [0.3, 0.4) is 0 Å². The summed E-state index contributed by atoms with van der Waals surface area (Å²) >= 11 is 0. The fourth-order valence-electron chi connectivity index (χ4n) is 3.59. The second-order valence-corrected chi connectivity index (χ2v) is 7.69. The van der Waals surface area contributed by atoms with Gasteiger partial charge >= 0.3 is 0 Å². The van der Waals surface area contributed by atoms with Crippen LogP contribution >= 0.6 is 24.0 Å². The summed E-state index contributed by atoms with van der Waals surface area (Å²) < 4.78 is 2.10. The van der Waals surface area contributed by atoms with E-state index in [1.54, 1.807) is 0 Å². The molecule has 1 unspecified atom stereocenters. The monoisotopic (exact) mass is 490 g/mol. The van der Waals surface area contributed by atoms with Crippen LogP contribution in [0.2, 0.25) is 0 Å². The Hall–Kier alpha value is -0.830. The third-order valence-electron chi connectivity index (χ3n) is 4.96. The van der Waals surface area contributed by atoms with E-state index in [4.69, 9.17) is 4.99 Å². The average molecular weight is 490 g/mol. The molecule has 0 radical (unpaired) electrons. The van der Waals surface area contributed by atoms with E-state index in [2.05, 4.69) is 59.1 Å². The number of rotatable bonds is 8. The van der Waals surface area contributed by atoms with E-state index >= 15 is 0 Å². The van der Waals surface area contributed by atoms with Gasteiger partial charge in [0.2, 0.25) is 0 Å². The number of likely N-dealkylation sites (tertiary alicyclic amines) is 1. The zero-order chi connectivity index (χ0) is 18.9. The molecule has 1 atom stereocenters. The zero-order valence-corrected chi connectivity index (χ0v) is 20.1. The van der Waals surface area contributed by atoms with Crippen LogP contribution in [-0.4, -0.2) is 59.4 Å². The second kappa shape index (κ2) is 12.6. The van der Waals surface area contributed by atoms with Crippen molar-refractivity contribution >= 4 is 29.9 Å². The lowest BCUT2D eigenvalue weighted by Gasteiger charge is -2.32. The van der Waals surface area contributed by atoms with Crippen LogP contribution in [-0.2, 0) is 6.54 Å². The molecule has 0 aliphatic carbocycles. The van der Waals surface area contributed by atoms with Gasteiger partial charge < -0.3 is 15.5 Å². The van der Waals surface area contributed by atoms with Crippen LogP contribution in [0.25, 0.3) is 0 Å². The summed E-state index contributed by atoms with van der Waals surface area (Å²) in [5, 5.41) is 11.6. The molecule has 1 aromatic heterocycles. The van der Waals surface area contributed by atoms with Gasteiger partial charge in [-0.25, -0.2) is 0 Å². The molecule has 0 saturated carbocycles. The number of piperidine rings is 1. The van der Waals surface area contributed by atoms with Crippen molar-refractivity contribution in [1.82, 2.24) is 25.3 Å². The molecule has 1 fully saturated rings. The zero-order valence-electron chi connectivity index (χ0n) is 17.8. The number of aromatic nitrogens is 2. The Bertz CT molecular complexity index is 563. The quantitative estimate of drug-likeness (QED) is 0.334. The van der Waals surface area contributed by atoms with Gasteiger partial charge in [0.05, 0.1) is 5.69 Å². The summed E-state index contributed by atoms with van der Waals surface area (Å²) in [6, 6.07) is 2.67. The highest BCUT2D eigenvalue weighted by molar-refractivity contribution is 14.0. The first-order chi connectivity index (χ1) is 12.5. The van der Waals surface area contributed by atoms with Crippen molar-refractivity contribution < 1.29 is 0 Å². The molecule has 2 N–H and O–H groups in total. The number of guanidine groups is 1. The van der Waals surface area contributed by atoms with Gasteiger partial charge in [-0.1, -0.05) is 13.8 Å². The molecule has 0 amide bonds. The standard InChI is InChI=1S/C20H38N6.HI/c1-6-10-25-11-8-19(9-12-25)23-20(21-7-2)22-14-16(3)15-26-18(5)13-17(4)24-26;/h13,16,19H,6-12,14-15H2,1-5H3,(H2,21,22,23);1H. The van der Waals surface area contributed by atoms with E-state index in [9.17, 15) is 0 Å². The minimum absolute atomic E-state index is 0. The van der Waals surface area contributed by atoms with Crippen LogP contribution < -0.4 is 10.6 Å². The Labute approximate surface area is 182 Å². The lowest BCUT2D eigenvalue weighted by molar-refractivity contribution is 0.206. The topological polar surface area (TPSA) is 57.5 Å². The van der Waals surface area contributed by atoms with Crippen LogP contribution in [0, 0.1) is 19.8 Å². The van der Waals surface area contributed by atoms with E-state index in [0.717, 1.165) is 31.3 Å². The van der Waals surface area contributed by atoms with Gasteiger partial charge in [-0.15, -0.1) is 24.0 Å². The third kappa shape index (κ3) is 8.37. The molecular formula is C20H39IN6. The van der Waals surface area contributed by atoms with E-state index in [0.29, 0.717) is 12.0 Å². The molecule has 1 saturated heterocycles. The summed E-state index contributed by atoms with van der Waals surface area (Å²) in [4.78, 5) is 7.40. The highest BCUT2D eigenvalue weighted by Crippen LogP contribution is 2.11. The third-order valence-corrected chi connectivity index (χ3v) is 4.96. The molecule has 1 aliphatic heterocycles. The number of aliphatic imine (C=N–C) groups is 1. The molecule has 156 valence electrons. The van der Waals surface area contributed by atoms with Gasteiger partial charge in [0.25, 0.3) is 0 Å². The molecule has 6 nitrogen and oxygen atoms in total. The Kier molecular flexibility index (Phi) is 11.3. The van der Waals surface area contributed by atoms with Gasteiger partial charge in [0, 0.05) is 44.5 Å². The highest BCUT2D eigenvalue weighted by Gasteiger charge is 2.19. The van der Waals surface area contributed by atoms with Gasteiger partial charge in [0.15, 0.2) is 5.96 Å². The number of hydrogen-bond acceptors (Lipinski definition) is 3. The SMILES string of the molecule is CCCN1CCC(NC(=NCC(C)Cn2nc(C)cc2C)NCC)CC1.I. The van der Waals surface area contributed by atoms with Gasteiger partial charge in [-0.2, -0.15) is 5.10 Å². The van der Waals surface area contributed by atoms with E-state index in [1.165, 1.54) is 44.6 Å². The number of aryl methyl sites for hydroxylation is 2. The predicted molar refractivity (Wildman–Crippen MR) is 125 cm³/mol. The summed E-state index contributed by atoms with van der Waals surface area (Å²) in [5.41, 5.74) is 2.31. The number of halogens is 1. The number of nitrogens with zero attached hydrogens (tertiary/aromatic N) is 4. The molecule has 27 heavy (non-hydrogen) atoms. The maximum atomic E-state index is 4.84. The fraction of sp³-hybridized carbons (Fsp3) is 0.800. The van der Waals surface area contributed by atoms with Crippen molar-refractivity contribution in [2.24, 2.45) is 10.9 Å². The smallest absolute Gasteiger partial charge is 0.191 e. The molecule has 1 aliphatic rings. The molecule has 2 heterocycles. The first-order valence-electron chi connectivity index (χ1n) is 10.3. The lowest BCUT2D eigenvalue weighted by atomic mass is 10.1. The molecule has 0 bridgehead atoms. The van der Waals surface area contributed by atoms with Crippen molar-refractivity contribution in [3.05, 3.63) is 17.5 Å². The van der Waals surface area contributed by atoms with Crippen molar-refractivity contribution in [1.29, 1.82) is 0 Å². The first-order valence-corrected chi connectivity index (χ1v) is 10.3. The predicted octanol–water partition coefficient (Wildman–Crippen LogP) is 3.18. The molecule has 0 spiro atoms. The Morgan fingerprint density at radius 2 is 2.00 bits per heavy atom. The van der Waals surface area contributed by atoms with Crippen LogP contribution in [0.5, 0.6) is 0 Å². The Morgan fingerprint density at radius 1 is 1.30 bits per heavy atom. The van der Waals surface area contributed by atoms with Crippen molar-refractivity contribution in [2.45, 2.75) is 66.5 Å². The van der Waals surface area contributed by atoms with Crippen LogP contribution in [0.4, 0.5) is 0 Å². The van der Waals surface area contributed by atoms with Gasteiger partial charge in [-0.05, 0) is 58.6 Å². The van der Waals surface area contributed by atoms with Crippen molar-refractivity contribution in [2.75, 3.05) is 32.7 Å². The van der Waals surface area contributed by atoms with Crippen LogP contribution in [0.1, 0.15) is 51.4 Å². The Morgan fingerprint density at radius 3 is 2.56 bits per heavy atom. The average Bonchev–Trinajstić information content (AvgIpc) is 2.92. The van der Waals surface area contributed by atoms with E-state index in [-0.39, 0.29) is 24.0 Å². The molecular weight excluding hydrogens is 451 g/mol. The normalized spacial score (nSPS) is 17.4. The molecule has 2 rings (SSSR count). The van der Waals surface area contributed by atoms with Crippen molar-refractivity contribution in [3.63, 3.8) is 0 Å². The Balaban J connectivity index is 0.00000364. The summed E-state index contributed by atoms with van der Waals surface area (Å²) in [6.45, 7) is 17.0. The van der Waals surface area contributed by atoms with E-state index in [1.807, 2.05) is 6.92 Å². The summed E-state index contributed by atoms with van der Waals surface area (Å²) in [6.07, 6.45) is 3.65. The molecule has 1 aromatic rings. The molecule has 0 aromatic carbocycles. The fourth-order valence-corrected chi connectivity index (χ4v) is 3.59. The number of nitrogens with one attached hydrogen (secondary N) is 2. The van der Waals surface area contributed by atoms with E-state index < -0.39 is 0 Å². The number of hydrogen-bond donors (Lipinski definition) is 2.